The summed E-state index contributed by atoms with van der Waals surface area (Å²) in [6.07, 6.45) is 7.19. The van der Waals surface area contributed by atoms with Crippen molar-refractivity contribution >= 4 is 11.3 Å². The number of thiazole rings is 1. The van der Waals surface area contributed by atoms with Crippen molar-refractivity contribution in [3.05, 3.63) is 46.1 Å². The SMILES string of the molecule is Cc1nc(-c2ncc[nH]2)cc(C2CCCCN2Cc2scnc2C)n1. The Labute approximate surface area is 151 Å². The smallest absolute Gasteiger partial charge is 0.156 e. The molecule has 1 atom stereocenters. The molecule has 6 nitrogen and oxygen atoms in total. The number of aromatic nitrogens is 5. The van der Waals surface area contributed by atoms with E-state index in [1.165, 1.54) is 17.7 Å². The Kier molecular flexibility index (Phi) is 4.59. The summed E-state index contributed by atoms with van der Waals surface area (Å²) in [5, 5.41) is 0. The van der Waals surface area contributed by atoms with Gasteiger partial charge in [0, 0.05) is 23.8 Å². The molecule has 0 aliphatic carbocycles. The van der Waals surface area contributed by atoms with Crippen molar-refractivity contribution in [1.29, 1.82) is 0 Å². The van der Waals surface area contributed by atoms with E-state index in [0.717, 1.165) is 48.2 Å². The highest BCUT2D eigenvalue weighted by molar-refractivity contribution is 7.09. The summed E-state index contributed by atoms with van der Waals surface area (Å²) in [4.78, 5) is 25.1. The number of nitrogens with one attached hydrogen (secondary N) is 1. The first-order chi connectivity index (χ1) is 12.2. The number of imidazole rings is 1. The number of hydrogen-bond acceptors (Lipinski definition) is 6. The van der Waals surface area contributed by atoms with Crippen molar-refractivity contribution in [2.75, 3.05) is 6.54 Å². The zero-order valence-corrected chi connectivity index (χ0v) is 15.4. The Morgan fingerprint density at radius 3 is 2.92 bits per heavy atom. The van der Waals surface area contributed by atoms with E-state index < -0.39 is 0 Å². The summed E-state index contributed by atoms with van der Waals surface area (Å²) >= 11 is 1.74. The minimum Gasteiger partial charge on any atom is -0.343 e. The molecule has 1 N–H and O–H groups in total. The number of piperidine rings is 1. The van der Waals surface area contributed by atoms with Gasteiger partial charge in [-0.15, -0.1) is 11.3 Å². The summed E-state index contributed by atoms with van der Waals surface area (Å²) in [7, 11) is 0. The molecule has 0 spiro atoms. The lowest BCUT2D eigenvalue weighted by Crippen LogP contribution is -2.33. The first-order valence-corrected chi connectivity index (χ1v) is 9.57. The van der Waals surface area contributed by atoms with E-state index in [2.05, 4.69) is 37.8 Å². The van der Waals surface area contributed by atoms with Gasteiger partial charge in [0.1, 0.15) is 11.5 Å². The van der Waals surface area contributed by atoms with Gasteiger partial charge in [0.2, 0.25) is 0 Å². The maximum absolute atomic E-state index is 4.76. The lowest BCUT2D eigenvalue weighted by atomic mass is 9.98. The first-order valence-electron chi connectivity index (χ1n) is 8.69. The lowest BCUT2D eigenvalue weighted by Gasteiger charge is -2.35. The Balaban J connectivity index is 1.65. The van der Waals surface area contributed by atoms with Crippen LogP contribution in [0.3, 0.4) is 0 Å². The molecule has 1 unspecified atom stereocenters. The topological polar surface area (TPSA) is 70.6 Å². The maximum Gasteiger partial charge on any atom is 0.156 e. The van der Waals surface area contributed by atoms with Gasteiger partial charge in [-0.25, -0.2) is 19.9 Å². The fourth-order valence-corrected chi connectivity index (χ4v) is 4.27. The third kappa shape index (κ3) is 3.48. The standard InChI is InChI=1S/C18H22N6S/c1-12-17(25-11-21-12)10-24-8-4-3-5-16(24)14-9-15(23-13(2)22-14)18-19-6-7-20-18/h6-7,9,11,16H,3-5,8,10H2,1-2H3,(H,19,20). The molecule has 1 aliphatic heterocycles. The van der Waals surface area contributed by atoms with Gasteiger partial charge in [-0.05, 0) is 39.3 Å². The van der Waals surface area contributed by atoms with Crippen LogP contribution in [0.2, 0.25) is 0 Å². The highest BCUT2D eigenvalue weighted by Crippen LogP contribution is 2.33. The fraction of sp³-hybridized carbons (Fsp3) is 0.444. The number of H-pyrrole nitrogens is 1. The molecule has 3 aromatic heterocycles. The third-order valence-corrected chi connectivity index (χ3v) is 5.67. The molecule has 0 bridgehead atoms. The van der Waals surface area contributed by atoms with Crippen molar-refractivity contribution in [1.82, 2.24) is 29.8 Å². The maximum atomic E-state index is 4.76. The van der Waals surface area contributed by atoms with E-state index in [0.29, 0.717) is 6.04 Å². The van der Waals surface area contributed by atoms with E-state index in [1.54, 1.807) is 17.5 Å². The van der Waals surface area contributed by atoms with Gasteiger partial charge in [0.15, 0.2) is 5.82 Å². The molecule has 130 valence electrons. The summed E-state index contributed by atoms with van der Waals surface area (Å²) in [5.41, 5.74) is 5.05. The minimum atomic E-state index is 0.325. The van der Waals surface area contributed by atoms with E-state index >= 15 is 0 Å². The second kappa shape index (κ2) is 7.01. The number of aryl methyl sites for hydroxylation is 2. The Bertz CT molecular complexity index is 841. The number of likely N-dealkylation sites (tertiary alicyclic amines) is 1. The van der Waals surface area contributed by atoms with Crippen LogP contribution in [0.1, 0.15) is 47.4 Å². The number of hydrogen-bond donors (Lipinski definition) is 1. The Morgan fingerprint density at radius 2 is 2.16 bits per heavy atom. The van der Waals surface area contributed by atoms with Gasteiger partial charge >= 0.3 is 0 Å². The Morgan fingerprint density at radius 1 is 1.24 bits per heavy atom. The number of aromatic amines is 1. The van der Waals surface area contributed by atoms with Crippen LogP contribution in [0.25, 0.3) is 11.5 Å². The van der Waals surface area contributed by atoms with Crippen molar-refractivity contribution in [2.24, 2.45) is 0 Å². The molecular weight excluding hydrogens is 332 g/mol. The molecular formula is C18H22N6S. The summed E-state index contributed by atoms with van der Waals surface area (Å²) < 4.78 is 0. The molecule has 25 heavy (non-hydrogen) atoms. The molecule has 0 aromatic carbocycles. The zero-order chi connectivity index (χ0) is 17.2. The minimum absolute atomic E-state index is 0.325. The average molecular weight is 354 g/mol. The van der Waals surface area contributed by atoms with E-state index in [9.17, 15) is 0 Å². The molecule has 4 rings (SSSR count). The summed E-state index contributed by atoms with van der Waals surface area (Å²) in [5.74, 6) is 1.59. The molecule has 4 heterocycles. The monoisotopic (exact) mass is 354 g/mol. The van der Waals surface area contributed by atoms with Gasteiger partial charge in [-0.1, -0.05) is 6.42 Å². The van der Waals surface area contributed by atoms with Crippen LogP contribution in [0.4, 0.5) is 0 Å². The summed E-state index contributed by atoms with van der Waals surface area (Å²) in [6.45, 7) is 6.09. The molecule has 0 radical (unpaired) electrons. The van der Waals surface area contributed by atoms with Gasteiger partial charge in [-0.3, -0.25) is 4.90 Å². The molecule has 1 fully saturated rings. The number of rotatable bonds is 4. The molecule has 0 amide bonds. The van der Waals surface area contributed by atoms with Crippen LogP contribution >= 0.6 is 11.3 Å². The van der Waals surface area contributed by atoms with Crippen LogP contribution in [0.15, 0.2) is 24.0 Å². The second-order valence-corrected chi connectivity index (χ2v) is 7.45. The zero-order valence-electron chi connectivity index (χ0n) is 14.6. The van der Waals surface area contributed by atoms with Crippen molar-refractivity contribution < 1.29 is 0 Å². The highest BCUT2D eigenvalue weighted by atomic mass is 32.1. The van der Waals surface area contributed by atoms with Crippen molar-refractivity contribution in [3.63, 3.8) is 0 Å². The van der Waals surface area contributed by atoms with Crippen LogP contribution < -0.4 is 0 Å². The van der Waals surface area contributed by atoms with E-state index in [-0.39, 0.29) is 0 Å². The van der Waals surface area contributed by atoms with Gasteiger partial charge in [0.05, 0.1) is 22.9 Å². The van der Waals surface area contributed by atoms with Gasteiger partial charge in [0.25, 0.3) is 0 Å². The van der Waals surface area contributed by atoms with Crippen LogP contribution in [0, 0.1) is 13.8 Å². The molecule has 1 aliphatic rings. The van der Waals surface area contributed by atoms with Gasteiger partial charge < -0.3 is 4.98 Å². The van der Waals surface area contributed by atoms with Crippen molar-refractivity contribution in [3.8, 4) is 11.5 Å². The van der Waals surface area contributed by atoms with Crippen molar-refractivity contribution in [2.45, 2.75) is 45.7 Å². The highest BCUT2D eigenvalue weighted by Gasteiger charge is 2.27. The van der Waals surface area contributed by atoms with E-state index in [4.69, 9.17) is 4.98 Å². The largest absolute Gasteiger partial charge is 0.343 e. The molecule has 3 aromatic rings. The fourth-order valence-electron chi connectivity index (χ4n) is 3.47. The van der Waals surface area contributed by atoms with E-state index in [1.807, 2.05) is 18.6 Å². The van der Waals surface area contributed by atoms with Crippen LogP contribution in [-0.4, -0.2) is 36.4 Å². The average Bonchev–Trinajstić information content (AvgIpc) is 3.27. The van der Waals surface area contributed by atoms with Gasteiger partial charge in [-0.2, -0.15) is 0 Å². The Hall–Kier alpha value is -2.12. The molecule has 7 heteroatoms. The second-order valence-electron chi connectivity index (χ2n) is 6.51. The summed E-state index contributed by atoms with van der Waals surface area (Å²) in [6, 6.07) is 2.42. The lowest BCUT2D eigenvalue weighted by molar-refractivity contribution is 0.138. The van der Waals surface area contributed by atoms with Crippen LogP contribution in [0.5, 0.6) is 0 Å². The number of nitrogens with zero attached hydrogens (tertiary/aromatic N) is 5. The third-order valence-electron chi connectivity index (χ3n) is 4.75. The quantitative estimate of drug-likeness (QED) is 0.774. The predicted molar refractivity (Wildman–Crippen MR) is 98.2 cm³/mol. The first kappa shape index (κ1) is 16.4. The molecule has 1 saturated heterocycles. The van der Waals surface area contributed by atoms with Crippen LogP contribution in [-0.2, 0) is 6.54 Å². The molecule has 0 saturated carbocycles. The normalized spacial score (nSPS) is 18.6. The predicted octanol–water partition coefficient (Wildman–Crippen LogP) is 3.67.